The molecule has 0 spiro atoms. The largest absolute Gasteiger partial charge is 0.499 e. The van der Waals surface area contributed by atoms with Crippen LogP contribution in [0.25, 0.3) is 0 Å². The Labute approximate surface area is 72.4 Å². The molecule has 0 aliphatic heterocycles. The Kier molecular flexibility index (Phi) is 2.67. The smallest absolute Gasteiger partial charge is 0.423 e. The van der Waals surface area contributed by atoms with Crippen molar-refractivity contribution < 1.29 is 14.8 Å². The van der Waals surface area contributed by atoms with Crippen LogP contribution >= 0.6 is 22.9 Å². The Hall–Kier alpha value is -0.355. The molecule has 2 N–H and O–H groups in total. The van der Waals surface area contributed by atoms with Gasteiger partial charge in [-0.1, -0.05) is 11.6 Å². The van der Waals surface area contributed by atoms with Gasteiger partial charge in [-0.15, -0.1) is 0 Å². The Morgan fingerprint density at radius 1 is 1.64 bits per heavy atom. The molecule has 1 aromatic heterocycles. The van der Waals surface area contributed by atoms with Gasteiger partial charge < -0.3 is 10.0 Å². The highest BCUT2D eigenvalue weighted by molar-refractivity contribution is 7.21. The Morgan fingerprint density at radius 3 is 2.64 bits per heavy atom. The number of halogens is 1. The van der Waals surface area contributed by atoms with Crippen LogP contribution in [0.2, 0.25) is 5.02 Å². The Bertz CT molecular complexity index is 273. The van der Waals surface area contributed by atoms with E-state index in [-0.39, 0.29) is 15.4 Å². The lowest BCUT2D eigenvalue weighted by Crippen LogP contribution is -2.29. The van der Waals surface area contributed by atoms with Crippen LogP contribution in [0.4, 0.5) is 0 Å². The zero-order chi connectivity index (χ0) is 8.43. The van der Waals surface area contributed by atoms with Crippen molar-refractivity contribution in [2.24, 2.45) is 0 Å². The first-order chi connectivity index (χ1) is 5.16. The minimum absolute atomic E-state index is 0.159. The number of carbonyl (C=O) groups excluding carboxylic acids is 1. The molecular formula is C5H4BClO3S. The number of rotatable bonds is 2. The zero-order valence-electron chi connectivity index (χ0n) is 5.32. The summed E-state index contributed by atoms with van der Waals surface area (Å²) in [6.07, 6.45) is 0.508. The van der Waals surface area contributed by atoms with Crippen LogP contribution < -0.4 is 4.78 Å². The standard InChI is InChI=1S/C5H4BClO3S/c7-4-2-11-5(6(9)10)3(4)1-8/h1-2,9-10H. The molecule has 1 rings (SSSR count). The Morgan fingerprint density at radius 2 is 2.27 bits per heavy atom. The predicted octanol–water partition coefficient (Wildman–Crippen LogP) is -0.106. The van der Waals surface area contributed by atoms with E-state index in [9.17, 15) is 4.79 Å². The molecule has 0 radical (unpaired) electrons. The average Bonchev–Trinajstić information content (AvgIpc) is 2.30. The van der Waals surface area contributed by atoms with Gasteiger partial charge in [0.25, 0.3) is 0 Å². The van der Waals surface area contributed by atoms with Crippen molar-refractivity contribution in [2.75, 3.05) is 0 Å². The fourth-order valence-electron chi connectivity index (χ4n) is 0.674. The van der Waals surface area contributed by atoms with Gasteiger partial charge in [0.15, 0.2) is 6.29 Å². The van der Waals surface area contributed by atoms with Gasteiger partial charge in [0.1, 0.15) is 0 Å². The van der Waals surface area contributed by atoms with Gasteiger partial charge in [0, 0.05) is 15.7 Å². The molecule has 0 aliphatic rings. The van der Waals surface area contributed by atoms with E-state index >= 15 is 0 Å². The summed E-state index contributed by atoms with van der Waals surface area (Å²) in [7, 11) is -1.62. The van der Waals surface area contributed by atoms with E-state index in [4.69, 9.17) is 21.6 Å². The van der Waals surface area contributed by atoms with Crippen LogP contribution in [0.3, 0.4) is 0 Å². The molecule has 58 valence electrons. The lowest BCUT2D eigenvalue weighted by molar-refractivity contribution is 0.112. The normalized spacial score (nSPS) is 9.73. The van der Waals surface area contributed by atoms with E-state index in [0.29, 0.717) is 6.29 Å². The fourth-order valence-corrected chi connectivity index (χ4v) is 1.77. The van der Waals surface area contributed by atoms with Crippen molar-refractivity contribution >= 4 is 41.1 Å². The summed E-state index contributed by atoms with van der Waals surface area (Å²) in [5.41, 5.74) is 0.159. The first-order valence-corrected chi connectivity index (χ1v) is 4.00. The van der Waals surface area contributed by atoms with Crippen LogP contribution in [-0.2, 0) is 0 Å². The molecule has 0 fully saturated rings. The molecule has 0 unspecified atom stereocenters. The van der Waals surface area contributed by atoms with Crippen molar-refractivity contribution in [3.05, 3.63) is 16.0 Å². The molecule has 0 aromatic carbocycles. The molecule has 1 aromatic rings. The topological polar surface area (TPSA) is 57.5 Å². The number of thiophene rings is 1. The second-order valence-corrected chi connectivity index (χ2v) is 3.17. The van der Waals surface area contributed by atoms with E-state index in [1.54, 1.807) is 0 Å². The van der Waals surface area contributed by atoms with Crippen molar-refractivity contribution in [3.63, 3.8) is 0 Å². The first-order valence-electron chi connectivity index (χ1n) is 2.75. The second-order valence-electron chi connectivity index (χ2n) is 1.85. The number of hydrogen-bond acceptors (Lipinski definition) is 4. The van der Waals surface area contributed by atoms with Crippen LogP contribution in [0, 0.1) is 0 Å². The lowest BCUT2D eigenvalue weighted by Gasteiger charge is -1.93. The average molecular weight is 190 g/mol. The molecule has 3 nitrogen and oxygen atoms in total. The predicted molar refractivity (Wildman–Crippen MR) is 44.5 cm³/mol. The second kappa shape index (κ2) is 3.36. The minimum atomic E-state index is -1.62. The van der Waals surface area contributed by atoms with Crippen molar-refractivity contribution in [1.29, 1.82) is 0 Å². The van der Waals surface area contributed by atoms with E-state index in [0.717, 1.165) is 11.3 Å². The van der Waals surface area contributed by atoms with Crippen LogP contribution in [0.5, 0.6) is 0 Å². The van der Waals surface area contributed by atoms with E-state index < -0.39 is 7.12 Å². The van der Waals surface area contributed by atoms with Crippen molar-refractivity contribution in [1.82, 2.24) is 0 Å². The third-order valence-electron chi connectivity index (χ3n) is 1.16. The Balaban J connectivity index is 3.15. The minimum Gasteiger partial charge on any atom is -0.423 e. The maximum atomic E-state index is 10.3. The van der Waals surface area contributed by atoms with Gasteiger partial charge >= 0.3 is 7.12 Å². The first kappa shape index (κ1) is 8.74. The molecule has 0 saturated heterocycles. The van der Waals surface area contributed by atoms with Crippen LogP contribution in [0.1, 0.15) is 10.4 Å². The maximum absolute atomic E-state index is 10.3. The van der Waals surface area contributed by atoms with E-state index in [1.807, 2.05) is 0 Å². The highest BCUT2D eigenvalue weighted by atomic mass is 35.5. The summed E-state index contributed by atoms with van der Waals surface area (Å²) in [5, 5.41) is 19.1. The molecule has 1 heterocycles. The van der Waals surface area contributed by atoms with Crippen LogP contribution in [-0.4, -0.2) is 23.5 Å². The summed E-state index contributed by atoms with van der Waals surface area (Å²) >= 11 is 6.59. The van der Waals surface area contributed by atoms with E-state index in [1.165, 1.54) is 5.38 Å². The highest BCUT2D eigenvalue weighted by Crippen LogP contribution is 2.16. The van der Waals surface area contributed by atoms with Gasteiger partial charge in [-0.2, -0.15) is 11.3 Å². The molecular weight excluding hydrogens is 186 g/mol. The summed E-state index contributed by atoms with van der Waals surface area (Å²) in [4.78, 5) is 10.3. The molecule has 0 saturated carbocycles. The van der Waals surface area contributed by atoms with E-state index in [2.05, 4.69) is 0 Å². The molecule has 0 amide bonds. The third kappa shape index (κ3) is 1.62. The van der Waals surface area contributed by atoms with Crippen molar-refractivity contribution in [3.8, 4) is 0 Å². The zero-order valence-corrected chi connectivity index (χ0v) is 6.89. The molecule has 0 aliphatic carbocycles. The quantitative estimate of drug-likeness (QED) is 0.505. The van der Waals surface area contributed by atoms with Crippen LogP contribution in [0.15, 0.2) is 5.38 Å². The lowest BCUT2D eigenvalue weighted by atomic mass is 9.86. The molecule has 11 heavy (non-hydrogen) atoms. The summed E-state index contributed by atoms with van der Waals surface area (Å²) in [6.45, 7) is 0. The van der Waals surface area contributed by atoms with Gasteiger partial charge in [0.2, 0.25) is 0 Å². The highest BCUT2D eigenvalue weighted by Gasteiger charge is 2.19. The summed E-state index contributed by atoms with van der Waals surface area (Å²) in [6, 6.07) is 0. The maximum Gasteiger partial charge on any atom is 0.499 e. The summed E-state index contributed by atoms with van der Waals surface area (Å²) < 4.78 is 0.185. The third-order valence-corrected chi connectivity index (χ3v) is 2.64. The molecule has 0 atom stereocenters. The van der Waals surface area contributed by atoms with Crippen molar-refractivity contribution in [2.45, 2.75) is 0 Å². The van der Waals surface area contributed by atoms with Gasteiger partial charge in [-0.3, -0.25) is 4.79 Å². The monoisotopic (exact) mass is 190 g/mol. The SMILES string of the molecule is O=Cc1c(Cl)csc1B(O)O. The number of carbonyl (C=O) groups is 1. The number of hydrogen-bond donors (Lipinski definition) is 2. The fraction of sp³-hybridized carbons (Fsp3) is 0. The van der Waals surface area contributed by atoms with Gasteiger partial charge in [0.05, 0.1) is 5.02 Å². The number of aldehydes is 1. The van der Waals surface area contributed by atoms with Gasteiger partial charge in [-0.25, -0.2) is 0 Å². The summed E-state index contributed by atoms with van der Waals surface area (Å²) in [5.74, 6) is 0. The molecule has 6 heteroatoms. The molecule has 0 bridgehead atoms. The van der Waals surface area contributed by atoms with Gasteiger partial charge in [-0.05, 0) is 0 Å².